The minimum atomic E-state index is 0.903. The van der Waals surface area contributed by atoms with Crippen molar-refractivity contribution in [1.29, 1.82) is 0 Å². The van der Waals surface area contributed by atoms with Crippen LogP contribution >= 0.6 is 0 Å². The molecule has 0 fully saturated rings. The van der Waals surface area contributed by atoms with Gasteiger partial charge in [0.2, 0.25) is 0 Å². The van der Waals surface area contributed by atoms with Crippen molar-refractivity contribution in [3.63, 3.8) is 0 Å². The van der Waals surface area contributed by atoms with Crippen LogP contribution in [-0.2, 0) is 0 Å². The van der Waals surface area contributed by atoms with Crippen LogP contribution in [0.4, 0.5) is 0 Å². The second-order valence-electron chi connectivity index (χ2n) is 2.54. The maximum absolute atomic E-state index is 3.79. The molecule has 0 aliphatic rings. The normalized spacial score (nSPS) is 11.5. The van der Waals surface area contributed by atoms with Crippen molar-refractivity contribution in [2.45, 2.75) is 13.8 Å². The summed E-state index contributed by atoms with van der Waals surface area (Å²) in [6.07, 6.45) is 8.14. The lowest BCUT2D eigenvalue weighted by Crippen LogP contribution is -2.15. The summed E-state index contributed by atoms with van der Waals surface area (Å²) in [6.45, 7) is 9.63. The lowest BCUT2D eigenvalue weighted by molar-refractivity contribution is 0.816. The molecule has 0 aromatic carbocycles. The first-order valence-electron chi connectivity index (χ1n) is 3.90. The van der Waals surface area contributed by atoms with E-state index in [1.165, 1.54) is 5.57 Å². The Morgan fingerprint density at radius 3 is 2.73 bits per heavy atom. The molecule has 1 heteroatoms. The van der Waals surface area contributed by atoms with Crippen molar-refractivity contribution in [2.24, 2.45) is 0 Å². The minimum absolute atomic E-state index is 0.903. The Morgan fingerprint density at radius 2 is 2.18 bits per heavy atom. The predicted molar refractivity (Wildman–Crippen MR) is 51.6 cm³/mol. The fraction of sp³-hybridized carbons (Fsp3) is 0.400. The Hall–Kier alpha value is -0.820. The minimum Gasteiger partial charge on any atom is -0.310 e. The molecule has 0 atom stereocenters. The smallest absolute Gasteiger partial charge is 0.0162 e. The lowest BCUT2D eigenvalue weighted by atomic mass is 10.3. The van der Waals surface area contributed by atoms with E-state index in [1.807, 2.05) is 32.1 Å². The quantitative estimate of drug-likeness (QED) is 0.361. The molecular weight excluding hydrogens is 134 g/mol. The fourth-order valence-corrected chi connectivity index (χ4v) is 0.627. The molecule has 0 unspecified atom stereocenters. The van der Waals surface area contributed by atoms with E-state index >= 15 is 0 Å². The molecule has 0 saturated heterocycles. The summed E-state index contributed by atoms with van der Waals surface area (Å²) in [6, 6.07) is 0. The maximum atomic E-state index is 3.79. The largest absolute Gasteiger partial charge is 0.310 e. The summed E-state index contributed by atoms with van der Waals surface area (Å²) in [5, 5.41) is 3.22. The number of hydrogen-bond acceptors (Lipinski definition) is 1. The summed E-state index contributed by atoms with van der Waals surface area (Å²) in [4.78, 5) is 0. The van der Waals surface area contributed by atoms with E-state index in [2.05, 4.69) is 18.0 Å². The van der Waals surface area contributed by atoms with Gasteiger partial charge < -0.3 is 5.32 Å². The standard InChI is InChI=1S/C10H17N/c1-4-5-6-7-8-11-9-10(2)3/h4-7,11H,2,8-9H2,1,3H3/b5-4+,7-6+. The highest BCUT2D eigenvalue weighted by atomic mass is 14.8. The monoisotopic (exact) mass is 151 g/mol. The first-order valence-corrected chi connectivity index (χ1v) is 3.90. The van der Waals surface area contributed by atoms with Crippen molar-refractivity contribution < 1.29 is 0 Å². The average Bonchev–Trinajstić information content (AvgIpc) is 1.96. The molecule has 0 aliphatic carbocycles. The highest BCUT2D eigenvalue weighted by molar-refractivity contribution is 5.02. The topological polar surface area (TPSA) is 12.0 Å². The molecule has 0 spiro atoms. The van der Waals surface area contributed by atoms with Gasteiger partial charge in [-0.05, 0) is 13.8 Å². The average molecular weight is 151 g/mol. The molecule has 0 heterocycles. The van der Waals surface area contributed by atoms with Gasteiger partial charge in [-0.3, -0.25) is 0 Å². The van der Waals surface area contributed by atoms with Gasteiger partial charge in [-0.1, -0.05) is 36.5 Å². The Balaban J connectivity index is 3.20. The van der Waals surface area contributed by atoms with Crippen LogP contribution in [0.15, 0.2) is 36.5 Å². The van der Waals surface area contributed by atoms with Gasteiger partial charge in [0.15, 0.2) is 0 Å². The van der Waals surface area contributed by atoms with Crippen molar-refractivity contribution in [3.8, 4) is 0 Å². The first kappa shape index (κ1) is 10.2. The van der Waals surface area contributed by atoms with Gasteiger partial charge in [-0.15, -0.1) is 0 Å². The van der Waals surface area contributed by atoms with Gasteiger partial charge in [-0.25, -0.2) is 0 Å². The van der Waals surface area contributed by atoms with Gasteiger partial charge in [0, 0.05) is 13.1 Å². The molecule has 0 aliphatic heterocycles. The highest BCUT2D eigenvalue weighted by Gasteiger charge is 1.80. The second-order valence-corrected chi connectivity index (χ2v) is 2.54. The Bertz CT molecular complexity index is 154. The van der Waals surface area contributed by atoms with Gasteiger partial charge in [0.05, 0.1) is 0 Å². The molecule has 0 radical (unpaired) electrons. The highest BCUT2D eigenvalue weighted by Crippen LogP contribution is 1.81. The number of nitrogens with one attached hydrogen (secondary N) is 1. The molecule has 1 N–H and O–H groups in total. The van der Waals surface area contributed by atoms with Crippen LogP contribution in [0.2, 0.25) is 0 Å². The third kappa shape index (κ3) is 9.18. The molecule has 1 nitrogen and oxygen atoms in total. The maximum Gasteiger partial charge on any atom is 0.0162 e. The SMILES string of the molecule is C=C(C)CNC/C=C/C=C/C. The first-order chi connectivity index (χ1) is 5.27. The van der Waals surface area contributed by atoms with E-state index in [0.29, 0.717) is 0 Å². The van der Waals surface area contributed by atoms with E-state index in [4.69, 9.17) is 0 Å². The zero-order valence-electron chi connectivity index (χ0n) is 7.43. The Kier molecular flexibility index (Phi) is 6.75. The van der Waals surface area contributed by atoms with Crippen molar-refractivity contribution in [2.75, 3.05) is 13.1 Å². The molecule has 0 rings (SSSR count). The van der Waals surface area contributed by atoms with Gasteiger partial charge in [0.1, 0.15) is 0 Å². The number of hydrogen-bond donors (Lipinski definition) is 1. The summed E-state index contributed by atoms with van der Waals surface area (Å²) in [5.74, 6) is 0. The fourth-order valence-electron chi connectivity index (χ4n) is 0.627. The molecule has 0 bridgehead atoms. The third-order valence-electron chi connectivity index (χ3n) is 1.13. The molecule has 0 aromatic heterocycles. The second kappa shape index (κ2) is 7.29. The Morgan fingerprint density at radius 1 is 1.45 bits per heavy atom. The number of allylic oxidation sites excluding steroid dienone is 3. The number of rotatable bonds is 5. The summed E-state index contributed by atoms with van der Waals surface area (Å²) < 4.78 is 0. The van der Waals surface area contributed by atoms with E-state index < -0.39 is 0 Å². The summed E-state index contributed by atoms with van der Waals surface area (Å²) >= 11 is 0. The van der Waals surface area contributed by atoms with Crippen LogP contribution < -0.4 is 5.32 Å². The van der Waals surface area contributed by atoms with Crippen LogP contribution in [0.5, 0.6) is 0 Å². The van der Waals surface area contributed by atoms with Crippen molar-refractivity contribution >= 4 is 0 Å². The van der Waals surface area contributed by atoms with Crippen LogP contribution in [-0.4, -0.2) is 13.1 Å². The molecular formula is C10H17N. The van der Waals surface area contributed by atoms with E-state index in [0.717, 1.165) is 13.1 Å². The van der Waals surface area contributed by atoms with Gasteiger partial charge in [0.25, 0.3) is 0 Å². The van der Waals surface area contributed by atoms with Crippen molar-refractivity contribution in [3.05, 3.63) is 36.5 Å². The molecule has 0 aromatic rings. The van der Waals surface area contributed by atoms with Gasteiger partial charge in [-0.2, -0.15) is 0 Å². The Labute approximate surface area is 69.5 Å². The van der Waals surface area contributed by atoms with E-state index in [1.54, 1.807) is 0 Å². The lowest BCUT2D eigenvalue weighted by Gasteiger charge is -1.97. The summed E-state index contributed by atoms with van der Waals surface area (Å²) in [7, 11) is 0. The molecule has 11 heavy (non-hydrogen) atoms. The molecule has 0 saturated carbocycles. The molecule has 0 amide bonds. The molecule has 62 valence electrons. The van der Waals surface area contributed by atoms with Crippen LogP contribution in [0.3, 0.4) is 0 Å². The van der Waals surface area contributed by atoms with Crippen LogP contribution in [0.1, 0.15) is 13.8 Å². The zero-order valence-corrected chi connectivity index (χ0v) is 7.43. The van der Waals surface area contributed by atoms with Crippen LogP contribution in [0, 0.1) is 0 Å². The van der Waals surface area contributed by atoms with Crippen LogP contribution in [0.25, 0.3) is 0 Å². The van der Waals surface area contributed by atoms with E-state index in [9.17, 15) is 0 Å². The summed E-state index contributed by atoms with van der Waals surface area (Å²) in [5.41, 5.74) is 1.17. The van der Waals surface area contributed by atoms with Crippen molar-refractivity contribution in [1.82, 2.24) is 5.32 Å². The van der Waals surface area contributed by atoms with E-state index in [-0.39, 0.29) is 0 Å². The third-order valence-corrected chi connectivity index (χ3v) is 1.13. The zero-order chi connectivity index (χ0) is 8.53. The predicted octanol–water partition coefficient (Wildman–Crippen LogP) is 2.28. The van der Waals surface area contributed by atoms with Gasteiger partial charge >= 0.3 is 0 Å².